The van der Waals surface area contributed by atoms with Gasteiger partial charge in [0.15, 0.2) is 0 Å². The summed E-state index contributed by atoms with van der Waals surface area (Å²) in [6.45, 7) is 8.97. The smallest absolute Gasteiger partial charge is 0.326 e. The van der Waals surface area contributed by atoms with Gasteiger partial charge in [0.2, 0.25) is 0 Å². The molecule has 1 aromatic carbocycles. The van der Waals surface area contributed by atoms with Crippen LogP contribution in [0.1, 0.15) is 57.9 Å². The molecule has 2 aliphatic heterocycles. The Kier molecular flexibility index (Phi) is 6.35. The molecule has 0 radical (unpaired) electrons. The van der Waals surface area contributed by atoms with Crippen molar-refractivity contribution >= 4 is 56.1 Å². The second-order valence-electron chi connectivity index (χ2n) is 9.31. The van der Waals surface area contributed by atoms with Crippen molar-refractivity contribution in [3.05, 3.63) is 17.1 Å². The molecule has 0 spiro atoms. The number of likely N-dealkylation sites (tertiary alicyclic amines) is 1. The predicted octanol–water partition coefficient (Wildman–Crippen LogP) is 5.31. The van der Waals surface area contributed by atoms with E-state index in [0.717, 1.165) is 70.9 Å². The average molecular weight is 463 g/mol. The number of aromatic nitrogens is 1. The summed E-state index contributed by atoms with van der Waals surface area (Å²) in [7, 11) is 0. The zero-order valence-electron chi connectivity index (χ0n) is 18.3. The number of aliphatic carboxylic acids is 1. The quantitative estimate of drug-likeness (QED) is 0.595. The molecule has 1 amide bonds. The Morgan fingerprint density at radius 2 is 1.90 bits per heavy atom. The van der Waals surface area contributed by atoms with Gasteiger partial charge in [0, 0.05) is 37.0 Å². The Hall–Kier alpha value is -2.00. The molecule has 0 bridgehead atoms. The van der Waals surface area contributed by atoms with Crippen molar-refractivity contribution in [3.8, 4) is 0 Å². The van der Waals surface area contributed by atoms with Crippen molar-refractivity contribution < 1.29 is 14.7 Å². The van der Waals surface area contributed by atoms with Crippen LogP contribution in [0.15, 0.2) is 12.1 Å². The van der Waals surface area contributed by atoms with Gasteiger partial charge in [-0.3, -0.25) is 4.79 Å². The lowest BCUT2D eigenvalue weighted by Crippen LogP contribution is -2.38. The number of hydrogen-bond donors (Lipinski definition) is 2. The third-order valence-electron chi connectivity index (χ3n) is 5.86. The number of rotatable bonds is 4. The second kappa shape index (κ2) is 8.86. The maximum atomic E-state index is 12.8. The van der Waals surface area contributed by atoms with Crippen molar-refractivity contribution in [2.75, 3.05) is 29.3 Å². The summed E-state index contributed by atoms with van der Waals surface area (Å²) in [4.78, 5) is 32.9. The first kappa shape index (κ1) is 22.2. The normalized spacial score (nSPS) is 19.8. The topological polar surface area (TPSA) is 85.8 Å². The number of anilines is 2. The molecule has 0 saturated carbocycles. The zero-order valence-corrected chi connectivity index (χ0v) is 19.9. The lowest BCUT2D eigenvalue weighted by Gasteiger charge is -2.30. The molecule has 2 N–H and O–H groups in total. The third-order valence-corrected chi connectivity index (χ3v) is 8.04. The van der Waals surface area contributed by atoms with Gasteiger partial charge in [0.1, 0.15) is 6.04 Å². The predicted molar refractivity (Wildman–Crippen MR) is 128 cm³/mol. The third kappa shape index (κ3) is 4.77. The number of carboxylic acid groups (broad SMARTS) is 1. The molecule has 168 valence electrons. The SMILES string of the molecule is CC(C)(C)c1nc2cc(N3CCCCC3)c(NSC(=O)N3CCC[C@H]3C(=O)O)cc2s1. The fourth-order valence-corrected chi connectivity index (χ4v) is 5.90. The molecule has 0 unspecified atom stereocenters. The van der Waals surface area contributed by atoms with Gasteiger partial charge < -0.3 is 19.6 Å². The molecule has 1 atom stereocenters. The van der Waals surface area contributed by atoms with Gasteiger partial charge in [0.05, 0.1) is 26.6 Å². The molecule has 2 aromatic rings. The molecule has 31 heavy (non-hydrogen) atoms. The first-order valence-corrected chi connectivity index (χ1v) is 12.5. The number of amides is 1. The first-order chi connectivity index (χ1) is 14.7. The number of benzene rings is 1. The Balaban J connectivity index is 1.61. The number of thiazole rings is 1. The molecule has 9 heteroatoms. The van der Waals surface area contributed by atoms with Crippen molar-refractivity contribution in [3.63, 3.8) is 0 Å². The van der Waals surface area contributed by atoms with Crippen molar-refractivity contribution in [2.24, 2.45) is 0 Å². The fraction of sp³-hybridized carbons (Fsp3) is 0.591. The van der Waals surface area contributed by atoms with Gasteiger partial charge in [0.25, 0.3) is 0 Å². The van der Waals surface area contributed by atoms with Crippen LogP contribution in [0.3, 0.4) is 0 Å². The summed E-state index contributed by atoms with van der Waals surface area (Å²) >= 11 is 2.66. The summed E-state index contributed by atoms with van der Waals surface area (Å²) in [6, 6.07) is 3.50. The highest BCUT2D eigenvalue weighted by Gasteiger charge is 2.34. The van der Waals surface area contributed by atoms with Crippen LogP contribution in [-0.2, 0) is 10.2 Å². The summed E-state index contributed by atoms with van der Waals surface area (Å²) in [5, 5.41) is 10.2. The minimum Gasteiger partial charge on any atom is -0.480 e. The highest BCUT2D eigenvalue weighted by molar-refractivity contribution is 8.14. The summed E-state index contributed by atoms with van der Waals surface area (Å²) in [6.07, 6.45) is 4.79. The average Bonchev–Trinajstić information content (AvgIpc) is 3.38. The minimum atomic E-state index is -0.929. The second-order valence-corrected chi connectivity index (χ2v) is 11.1. The standard InChI is InChI=1S/C22H30N4O3S2/c1-22(2,3)20-23-15-12-17(25-9-5-4-6-10-25)14(13-18(15)30-20)24-31-21(29)26-11-7-8-16(26)19(27)28/h12-13,16,24H,4-11H2,1-3H3,(H,27,28)/t16-/m0/s1. The van der Waals surface area contributed by atoms with E-state index in [1.807, 2.05) is 0 Å². The van der Waals surface area contributed by atoms with E-state index in [0.29, 0.717) is 13.0 Å². The number of carbonyl (C=O) groups excluding carboxylic acids is 1. The molecule has 2 saturated heterocycles. The Morgan fingerprint density at radius 3 is 2.58 bits per heavy atom. The monoisotopic (exact) mass is 462 g/mol. The molecule has 2 fully saturated rings. The van der Waals surface area contributed by atoms with E-state index >= 15 is 0 Å². The van der Waals surface area contributed by atoms with E-state index in [9.17, 15) is 14.7 Å². The van der Waals surface area contributed by atoms with Gasteiger partial charge >= 0.3 is 11.2 Å². The van der Waals surface area contributed by atoms with Gasteiger partial charge in [-0.2, -0.15) is 0 Å². The van der Waals surface area contributed by atoms with E-state index in [4.69, 9.17) is 4.98 Å². The van der Waals surface area contributed by atoms with Gasteiger partial charge in [-0.25, -0.2) is 9.78 Å². The fourth-order valence-electron chi connectivity index (χ4n) is 4.16. The summed E-state index contributed by atoms with van der Waals surface area (Å²) in [5.74, 6) is -0.929. The molecule has 7 nitrogen and oxygen atoms in total. The maximum absolute atomic E-state index is 12.8. The Bertz CT molecular complexity index is 979. The number of nitrogens with one attached hydrogen (secondary N) is 1. The summed E-state index contributed by atoms with van der Waals surface area (Å²) < 4.78 is 4.35. The van der Waals surface area contributed by atoms with Crippen LogP contribution in [-0.4, -0.2) is 51.9 Å². The van der Waals surface area contributed by atoms with E-state index in [2.05, 4.69) is 42.5 Å². The molecule has 3 heterocycles. The van der Waals surface area contributed by atoms with Crippen LogP contribution in [0.5, 0.6) is 0 Å². The highest BCUT2D eigenvalue weighted by Crippen LogP contribution is 2.39. The van der Waals surface area contributed by atoms with E-state index in [1.54, 1.807) is 11.3 Å². The van der Waals surface area contributed by atoms with Crippen molar-refractivity contribution in [1.29, 1.82) is 0 Å². The molecular weight excluding hydrogens is 432 g/mol. The van der Waals surface area contributed by atoms with E-state index in [1.165, 1.54) is 11.3 Å². The number of carbonyl (C=O) groups is 2. The van der Waals surface area contributed by atoms with Crippen LogP contribution >= 0.6 is 23.3 Å². The molecule has 2 aliphatic rings. The molecule has 0 aliphatic carbocycles. The first-order valence-electron chi connectivity index (χ1n) is 10.9. The minimum absolute atomic E-state index is 0.0190. The van der Waals surface area contributed by atoms with Crippen LogP contribution in [0, 0.1) is 0 Å². The van der Waals surface area contributed by atoms with E-state index < -0.39 is 12.0 Å². The molecule has 1 aromatic heterocycles. The number of nitrogens with zero attached hydrogens (tertiary/aromatic N) is 3. The zero-order chi connectivity index (χ0) is 22.2. The van der Waals surface area contributed by atoms with Crippen LogP contribution in [0.4, 0.5) is 16.2 Å². The van der Waals surface area contributed by atoms with Gasteiger partial charge in [-0.05, 0) is 44.2 Å². The molecular formula is C22H30N4O3S2. The Labute approximate surface area is 191 Å². The van der Waals surface area contributed by atoms with E-state index in [-0.39, 0.29) is 10.7 Å². The van der Waals surface area contributed by atoms with Gasteiger partial charge in [-0.1, -0.05) is 20.8 Å². The van der Waals surface area contributed by atoms with Crippen LogP contribution in [0.25, 0.3) is 10.2 Å². The van der Waals surface area contributed by atoms with Crippen LogP contribution < -0.4 is 9.62 Å². The number of fused-ring (bicyclic) bond motifs is 1. The number of carboxylic acids is 1. The lowest BCUT2D eigenvalue weighted by atomic mass is 9.98. The number of hydrogen-bond acceptors (Lipinski definition) is 7. The number of piperidine rings is 1. The van der Waals surface area contributed by atoms with Crippen molar-refractivity contribution in [1.82, 2.24) is 9.88 Å². The highest BCUT2D eigenvalue weighted by atomic mass is 32.2. The molecule has 4 rings (SSSR count). The van der Waals surface area contributed by atoms with Gasteiger partial charge in [-0.15, -0.1) is 11.3 Å². The Morgan fingerprint density at radius 1 is 1.16 bits per heavy atom. The lowest BCUT2D eigenvalue weighted by molar-refractivity contribution is -0.141. The largest absolute Gasteiger partial charge is 0.480 e. The van der Waals surface area contributed by atoms with Crippen molar-refractivity contribution in [2.45, 2.75) is 64.3 Å². The van der Waals surface area contributed by atoms with Crippen LogP contribution in [0.2, 0.25) is 0 Å². The summed E-state index contributed by atoms with van der Waals surface area (Å²) in [5.41, 5.74) is 2.93. The maximum Gasteiger partial charge on any atom is 0.326 e.